The van der Waals surface area contributed by atoms with Gasteiger partial charge in [0.25, 0.3) is 5.91 Å². The molecule has 0 atom stereocenters. The number of nitrogens with one attached hydrogen (secondary N) is 1. The molecule has 68 valence electrons. The lowest BCUT2D eigenvalue weighted by atomic mass is 10.5. The minimum atomic E-state index is -0.414. The normalized spacial score (nSPS) is 9.23. The first-order valence-electron chi connectivity index (χ1n) is 3.20. The van der Waals surface area contributed by atoms with E-state index in [0.29, 0.717) is 9.48 Å². The van der Waals surface area contributed by atoms with Crippen LogP contribution in [0, 0.1) is 12.3 Å². The van der Waals surface area contributed by atoms with Gasteiger partial charge in [-0.15, -0.1) is 17.8 Å². The fraction of sp³-hybridized carbons (Fsp3) is 0.143. The quantitative estimate of drug-likeness (QED) is 0.505. The van der Waals surface area contributed by atoms with Crippen LogP contribution < -0.4 is 5.48 Å². The van der Waals surface area contributed by atoms with E-state index >= 15 is 0 Å². The molecule has 0 spiro atoms. The molecule has 1 N–H and O–H groups in total. The van der Waals surface area contributed by atoms with Gasteiger partial charge in [0, 0.05) is 0 Å². The molecule has 1 rings (SSSR count). The smallest absolute Gasteiger partial charge is 0.265 e. The lowest BCUT2D eigenvalue weighted by Gasteiger charge is -1.99. The van der Waals surface area contributed by atoms with Gasteiger partial charge < -0.3 is 0 Å². The third-order valence-corrected chi connectivity index (χ3v) is 2.61. The van der Waals surface area contributed by atoms with Gasteiger partial charge >= 0.3 is 0 Å². The first-order chi connectivity index (χ1) is 6.25. The van der Waals surface area contributed by atoms with Crippen LogP contribution in [0.15, 0.2) is 9.30 Å². The molecular weight excluding hydrogens is 256 g/mol. The van der Waals surface area contributed by atoms with Gasteiger partial charge in [-0.2, -0.15) is 0 Å². The van der Waals surface area contributed by atoms with Crippen LogP contribution in [0.4, 0.5) is 0 Å². The topological polar surface area (TPSA) is 51.2 Å². The fourth-order valence-corrected chi connectivity index (χ4v) is 1.61. The number of aromatic nitrogens is 1. The van der Waals surface area contributed by atoms with Gasteiger partial charge in [0.2, 0.25) is 0 Å². The molecule has 1 heterocycles. The predicted octanol–water partition coefficient (Wildman–Crippen LogP) is 1.20. The standard InChI is InChI=1S/C7H5BrN2O2S/c1-2-3-12-10-7(11)5-6(8)13-4-9-5/h1,4H,3H2,(H,10,11). The molecule has 6 heteroatoms. The number of amides is 1. The van der Waals surface area contributed by atoms with Crippen molar-refractivity contribution in [3.63, 3.8) is 0 Å². The zero-order chi connectivity index (χ0) is 9.68. The minimum absolute atomic E-state index is 0.0352. The summed E-state index contributed by atoms with van der Waals surface area (Å²) in [5.74, 6) is 1.80. The van der Waals surface area contributed by atoms with Crippen molar-refractivity contribution >= 4 is 33.2 Å². The van der Waals surface area contributed by atoms with Crippen LogP contribution >= 0.6 is 27.3 Å². The van der Waals surface area contributed by atoms with Crippen LogP contribution in [-0.4, -0.2) is 17.5 Å². The maximum absolute atomic E-state index is 11.2. The maximum atomic E-state index is 11.2. The molecule has 0 bridgehead atoms. The van der Waals surface area contributed by atoms with Gasteiger partial charge in [0.05, 0.1) is 5.51 Å². The molecule has 0 aliphatic heterocycles. The zero-order valence-electron chi connectivity index (χ0n) is 6.41. The molecule has 13 heavy (non-hydrogen) atoms. The summed E-state index contributed by atoms with van der Waals surface area (Å²) < 4.78 is 0.661. The molecule has 0 radical (unpaired) electrons. The number of hydrogen-bond acceptors (Lipinski definition) is 4. The fourth-order valence-electron chi connectivity index (χ4n) is 0.571. The molecule has 0 unspecified atom stereocenters. The number of hydrogen-bond donors (Lipinski definition) is 1. The van der Waals surface area contributed by atoms with Crippen molar-refractivity contribution in [2.45, 2.75) is 0 Å². The van der Waals surface area contributed by atoms with Crippen molar-refractivity contribution < 1.29 is 9.63 Å². The summed E-state index contributed by atoms with van der Waals surface area (Å²) in [5.41, 5.74) is 4.01. The van der Waals surface area contributed by atoms with Gasteiger partial charge in [-0.05, 0) is 15.9 Å². The Labute approximate surface area is 87.4 Å². The van der Waals surface area contributed by atoms with Crippen molar-refractivity contribution in [2.24, 2.45) is 0 Å². The summed E-state index contributed by atoms with van der Waals surface area (Å²) in [7, 11) is 0. The minimum Gasteiger partial charge on any atom is -0.265 e. The summed E-state index contributed by atoms with van der Waals surface area (Å²) in [6.45, 7) is 0.0352. The Hall–Kier alpha value is -0.900. The molecular formula is C7H5BrN2O2S. The molecule has 1 amide bonds. The molecule has 4 nitrogen and oxygen atoms in total. The van der Waals surface area contributed by atoms with Crippen molar-refractivity contribution in [2.75, 3.05) is 6.61 Å². The van der Waals surface area contributed by atoms with Crippen LogP contribution in [0.2, 0.25) is 0 Å². The van der Waals surface area contributed by atoms with Crippen LogP contribution in [-0.2, 0) is 4.84 Å². The first-order valence-corrected chi connectivity index (χ1v) is 4.87. The number of rotatable bonds is 3. The van der Waals surface area contributed by atoms with Gasteiger partial charge in [0.15, 0.2) is 5.69 Å². The highest BCUT2D eigenvalue weighted by Gasteiger charge is 2.12. The van der Waals surface area contributed by atoms with Crippen molar-refractivity contribution in [1.29, 1.82) is 0 Å². The van der Waals surface area contributed by atoms with Crippen LogP contribution in [0.1, 0.15) is 10.5 Å². The largest absolute Gasteiger partial charge is 0.295 e. The Kier molecular flexibility index (Phi) is 3.89. The molecule has 0 aliphatic rings. The second-order valence-corrected chi connectivity index (χ2v) is 4.07. The SMILES string of the molecule is C#CCONC(=O)c1ncsc1Br. The third-order valence-electron chi connectivity index (χ3n) is 1.06. The number of halogens is 1. The molecule has 0 saturated carbocycles. The van der Waals surface area contributed by atoms with Crippen molar-refractivity contribution in [1.82, 2.24) is 10.5 Å². The van der Waals surface area contributed by atoms with Crippen LogP contribution in [0.5, 0.6) is 0 Å². The van der Waals surface area contributed by atoms with Crippen molar-refractivity contribution in [3.8, 4) is 12.3 Å². The zero-order valence-corrected chi connectivity index (χ0v) is 8.81. The predicted molar refractivity (Wildman–Crippen MR) is 52.1 cm³/mol. The summed E-state index contributed by atoms with van der Waals surface area (Å²) in [6, 6.07) is 0. The molecule has 0 aliphatic carbocycles. The number of carbonyl (C=O) groups excluding carboxylic acids is 1. The monoisotopic (exact) mass is 260 g/mol. The van der Waals surface area contributed by atoms with Gasteiger partial charge in [-0.3, -0.25) is 9.63 Å². The Morgan fingerprint density at radius 1 is 1.92 bits per heavy atom. The Morgan fingerprint density at radius 2 is 2.69 bits per heavy atom. The average molecular weight is 261 g/mol. The number of hydroxylamine groups is 1. The number of nitrogens with zero attached hydrogens (tertiary/aromatic N) is 1. The summed E-state index contributed by atoms with van der Waals surface area (Å²) in [6.07, 6.45) is 4.91. The van der Waals surface area contributed by atoms with E-state index in [0.717, 1.165) is 0 Å². The van der Waals surface area contributed by atoms with Crippen molar-refractivity contribution in [3.05, 3.63) is 15.0 Å². The summed E-state index contributed by atoms with van der Waals surface area (Å²) in [5, 5.41) is 0. The van der Waals surface area contributed by atoms with E-state index in [2.05, 4.69) is 37.2 Å². The third kappa shape index (κ3) is 2.81. The van der Waals surface area contributed by atoms with Crippen LogP contribution in [0.3, 0.4) is 0 Å². The lowest BCUT2D eigenvalue weighted by Crippen LogP contribution is -2.24. The number of carbonyl (C=O) groups is 1. The lowest BCUT2D eigenvalue weighted by molar-refractivity contribution is 0.0433. The Morgan fingerprint density at radius 3 is 3.23 bits per heavy atom. The van der Waals surface area contributed by atoms with Gasteiger partial charge in [-0.1, -0.05) is 5.92 Å². The van der Waals surface area contributed by atoms with E-state index in [-0.39, 0.29) is 6.61 Å². The second kappa shape index (κ2) is 4.97. The summed E-state index contributed by atoms with van der Waals surface area (Å²) >= 11 is 4.50. The molecule has 0 saturated heterocycles. The molecule has 0 aromatic carbocycles. The molecule has 1 aromatic heterocycles. The van der Waals surface area contributed by atoms with E-state index < -0.39 is 5.91 Å². The van der Waals surface area contributed by atoms with E-state index in [1.165, 1.54) is 11.3 Å². The highest BCUT2D eigenvalue weighted by atomic mass is 79.9. The number of thiazole rings is 1. The number of terminal acetylenes is 1. The van der Waals surface area contributed by atoms with Gasteiger partial charge in [0.1, 0.15) is 10.4 Å². The Bertz CT molecular complexity index is 345. The van der Waals surface area contributed by atoms with E-state index in [1.807, 2.05) is 0 Å². The van der Waals surface area contributed by atoms with Crippen LogP contribution in [0.25, 0.3) is 0 Å². The summed E-state index contributed by atoms with van der Waals surface area (Å²) in [4.78, 5) is 19.7. The maximum Gasteiger partial charge on any atom is 0.295 e. The Balaban J connectivity index is 2.50. The average Bonchev–Trinajstić information content (AvgIpc) is 2.52. The highest BCUT2D eigenvalue weighted by Crippen LogP contribution is 2.19. The van der Waals surface area contributed by atoms with E-state index in [9.17, 15) is 4.79 Å². The highest BCUT2D eigenvalue weighted by molar-refractivity contribution is 9.11. The van der Waals surface area contributed by atoms with E-state index in [1.54, 1.807) is 5.51 Å². The van der Waals surface area contributed by atoms with E-state index in [4.69, 9.17) is 6.42 Å². The molecule has 1 aromatic rings. The first kappa shape index (κ1) is 10.2. The molecule has 0 fully saturated rings. The van der Waals surface area contributed by atoms with Gasteiger partial charge in [-0.25, -0.2) is 10.5 Å². The second-order valence-electron chi connectivity index (χ2n) is 1.90.